The number of imide groups is 1. The SMILES string of the molecule is C#CCN1C(=O)S/C(=C/c2c(OCc3ccc(C)cc3)ccc3ccccc23)C1=O. The van der Waals surface area contributed by atoms with Crippen molar-refractivity contribution >= 4 is 39.8 Å². The molecule has 0 radical (unpaired) electrons. The lowest BCUT2D eigenvalue weighted by molar-refractivity contribution is -0.122. The van der Waals surface area contributed by atoms with E-state index in [-0.39, 0.29) is 17.7 Å². The Balaban J connectivity index is 1.73. The lowest BCUT2D eigenvalue weighted by Crippen LogP contribution is -2.28. The Morgan fingerprint density at radius 1 is 1.07 bits per heavy atom. The number of thioether (sulfide) groups is 1. The van der Waals surface area contributed by atoms with Gasteiger partial charge in [-0.25, -0.2) is 0 Å². The van der Waals surface area contributed by atoms with E-state index in [0.717, 1.165) is 38.6 Å². The van der Waals surface area contributed by atoms with E-state index in [1.165, 1.54) is 5.56 Å². The van der Waals surface area contributed by atoms with Crippen LogP contribution in [-0.2, 0) is 11.4 Å². The average molecular weight is 413 g/mol. The van der Waals surface area contributed by atoms with Crippen molar-refractivity contribution < 1.29 is 14.3 Å². The van der Waals surface area contributed by atoms with Gasteiger partial charge in [-0.05, 0) is 47.2 Å². The molecular formula is C25H19NO3S. The number of fused-ring (bicyclic) bond motifs is 1. The van der Waals surface area contributed by atoms with Crippen LogP contribution in [0.1, 0.15) is 16.7 Å². The van der Waals surface area contributed by atoms with Gasteiger partial charge in [-0.2, -0.15) is 0 Å². The summed E-state index contributed by atoms with van der Waals surface area (Å²) in [6.45, 7) is 2.41. The van der Waals surface area contributed by atoms with Crippen LogP contribution in [0.15, 0.2) is 65.6 Å². The highest BCUT2D eigenvalue weighted by molar-refractivity contribution is 8.18. The van der Waals surface area contributed by atoms with Gasteiger partial charge in [0, 0.05) is 5.56 Å². The number of carbonyl (C=O) groups excluding carboxylic acids is 2. The number of rotatable bonds is 5. The molecule has 2 amide bonds. The maximum absolute atomic E-state index is 12.6. The van der Waals surface area contributed by atoms with Crippen molar-refractivity contribution in [2.75, 3.05) is 6.54 Å². The molecule has 0 saturated carbocycles. The Labute approximate surface area is 179 Å². The normalized spacial score (nSPS) is 15.1. The van der Waals surface area contributed by atoms with Gasteiger partial charge in [0.2, 0.25) is 0 Å². The minimum absolute atomic E-state index is 0.0334. The number of amides is 2. The summed E-state index contributed by atoms with van der Waals surface area (Å²) in [5.74, 6) is 2.63. The predicted octanol–water partition coefficient (Wildman–Crippen LogP) is 5.40. The van der Waals surface area contributed by atoms with E-state index in [1.807, 2.05) is 67.6 Å². The third kappa shape index (κ3) is 3.96. The zero-order valence-electron chi connectivity index (χ0n) is 16.4. The van der Waals surface area contributed by atoms with E-state index >= 15 is 0 Å². The van der Waals surface area contributed by atoms with Gasteiger partial charge in [0.15, 0.2) is 0 Å². The van der Waals surface area contributed by atoms with Gasteiger partial charge >= 0.3 is 0 Å². The first kappa shape index (κ1) is 19.8. The van der Waals surface area contributed by atoms with Crippen LogP contribution in [0, 0.1) is 19.3 Å². The van der Waals surface area contributed by atoms with E-state index in [1.54, 1.807) is 6.08 Å². The molecule has 0 N–H and O–H groups in total. The Bertz CT molecular complexity index is 1210. The molecule has 0 atom stereocenters. The van der Waals surface area contributed by atoms with Crippen molar-refractivity contribution in [3.8, 4) is 18.1 Å². The molecule has 1 aliphatic rings. The number of nitrogens with zero attached hydrogens (tertiary/aromatic N) is 1. The fourth-order valence-corrected chi connectivity index (χ4v) is 4.07. The van der Waals surface area contributed by atoms with Gasteiger partial charge in [0.25, 0.3) is 11.1 Å². The molecule has 0 bridgehead atoms. The molecule has 30 heavy (non-hydrogen) atoms. The molecule has 1 aliphatic heterocycles. The van der Waals surface area contributed by atoms with Crippen LogP contribution in [0.2, 0.25) is 0 Å². The molecule has 5 heteroatoms. The molecule has 4 nitrogen and oxygen atoms in total. The minimum atomic E-state index is -0.375. The zero-order chi connectivity index (χ0) is 21.1. The molecular weight excluding hydrogens is 394 g/mol. The van der Waals surface area contributed by atoms with Crippen molar-refractivity contribution in [2.24, 2.45) is 0 Å². The Morgan fingerprint density at radius 3 is 2.60 bits per heavy atom. The lowest BCUT2D eigenvalue weighted by atomic mass is 10.0. The van der Waals surface area contributed by atoms with E-state index in [9.17, 15) is 9.59 Å². The molecule has 0 aliphatic carbocycles. The van der Waals surface area contributed by atoms with Crippen LogP contribution in [0.5, 0.6) is 5.75 Å². The molecule has 148 valence electrons. The summed E-state index contributed by atoms with van der Waals surface area (Å²) in [6.07, 6.45) is 7.02. The molecule has 0 unspecified atom stereocenters. The highest BCUT2D eigenvalue weighted by atomic mass is 32.2. The van der Waals surface area contributed by atoms with Crippen LogP contribution in [0.3, 0.4) is 0 Å². The minimum Gasteiger partial charge on any atom is -0.488 e. The molecule has 3 aromatic rings. The fourth-order valence-electron chi connectivity index (χ4n) is 3.25. The second-order valence-corrected chi connectivity index (χ2v) is 7.94. The maximum atomic E-state index is 12.6. The topological polar surface area (TPSA) is 46.6 Å². The van der Waals surface area contributed by atoms with E-state index in [4.69, 9.17) is 11.2 Å². The fraction of sp³-hybridized carbons (Fsp3) is 0.120. The number of carbonyl (C=O) groups is 2. The summed E-state index contributed by atoms with van der Waals surface area (Å²) in [4.78, 5) is 26.2. The second kappa shape index (κ2) is 8.48. The first-order valence-electron chi connectivity index (χ1n) is 9.46. The molecule has 1 fully saturated rings. The molecule has 0 aromatic heterocycles. The van der Waals surface area contributed by atoms with Gasteiger partial charge in [-0.1, -0.05) is 66.1 Å². The Kier molecular flexibility index (Phi) is 5.60. The van der Waals surface area contributed by atoms with Crippen LogP contribution < -0.4 is 4.74 Å². The van der Waals surface area contributed by atoms with Crippen molar-refractivity contribution in [3.05, 3.63) is 82.3 Å². The smallest absolute Gasteiger partial charge is 0.294 e. The van der Waals surface area contributed by atoms with Gasteiger partial charge < -0.3 is 4.74 Å². The summed E-state index contributed by atoms with van der Waals surface area (Å²) in [6, 6.07) is 19.9. The van der Waals surface area contributed by atoms with Gasteiger partial charge in [0.1, 0.15) is 12.4 Å². The summed E-state index contributed by atoms with van der Waals surface area (Å²) < 4.78 is 6.12. The number of aryl methyl sites for hydroxylation is 1. The number of terminal acetylenes is 1. The summed E-state index contributed by atoms with van der Waals surface area (Å²) in [5.41, 5.74) is 3.01. The van der Waals surface area contributed by atoms with Gasteiger partial charge in [-0.15, -0.1) is 6.42 Å². The van der Waals surface area contributed by atoms with E-state index in [2.05, 4.69) is 5.92 Å². The van der Waals surface area contributed by atoms with Crippen LogP contribution >= 0.6 is 11.8 Å². The van der Waals surface area contributed by atoms with Crippen LogP contribution in [-0.4, -0.2) is 22.6 Å². The summed E-state index contributed by atoms with van der Waals surface area (Å²) in [7, 11) is 0. The quantitative estimate of drug-likeness (QED) is 0.415. The first-order chi connectivity index (χ1) is 14.6. The van der Waals surface area contributed by atoms with Crippen LogP contribution in [0.25, 0.3) is 16.8 Å². The van der Waals surface area contributed by atoms with Crippen LogP contribution in [0.4, 0.5) is 4.79 Å². The highest BCUT2D eigenvalue weighted by Crippen LogP contribution is 2.36. The molecule has 4 rings (SSSR count). The number of hydrogen-bond acceptors (Lipinski definition) is 4. The summed E-state index contributed by atoms with van der Waals surface area (Å²) >= 11 is 0.897. The van der Waals surface area contributed by atoms with E-state index < -0.39 is 0 Å². The number of benzene rings is 3. The monoisotopic (exact) mass is 413 g/mol. The number of ether oxygens (including phenoxy) is 1. The Hall–Kier alpha value is -3.49. The second-order valence-electron chi connectivity index (χ2n) is 6.94. The standard InChI is InChI=1S/C25H19NO3S/c1-3-14-26-24(27)23(30-25(26)28)15-21-20-7-5-4-6-19(20)12-13-22(21)29-16-18-10-8-17(2)9-11-18/h1,4-13,15H,14,16H2,2H3/b23-15+. The third-order valence-electron chi connectivity index (χ3n) is 4.84. The molecule has 3 aromatic carbocycles. The first-order valence-corrected chi connectivity index (χ1v) is 10.3. The zero-order valence-corrected chi connectivity index (χ0v) is 17.2. The van der Waals surface area contributed by atoms with Gasteiger partial charge in [-0.3, -0.25) is 14.5 Å². The van der Waals surface area contributed by atoms with Crippen molar-refractivity contribution in [1.82, 2.24) is 4.90 Å². The molecule has 1 heterocycles. The van der Waals surface area contributed by atoms with Crippen molar-refractivity contribution in [2.45, 2.75) is 13.5 Å². The largest absolute Gasteiger partial charge is 0.488 e. The highest BCUT2D eigenvalue weighted by Gasteiger charge is 2.34. The third-order valence-corrected chi connectivity index (χ3v) is 5.75. The Morgan fingerprint density at radius 2 is 1.83 bits per heavy atom. The van der Waals surface area contributed by atoms with Crippen molar-refractivity contribution in [3.63, 3.8) is 0 Å². The maximum Gasteiger partial charge on any atom is 0.294 e. The predicted molar refractivity (Wildman–Crippen MR) is 121 cm³/mol. The summed E-state index contributed by atoms with van der Waals surface area (Å²) in [5, 5.41) is 1.61. The number of hydrogen-bond donors (Lipinski definition) is 0. The van der Waals surface area contributed by atoms with Gasteiger partial charge in [0.05, 0.1) is 11.4 Å². The van der Waals surface area contributed by atoms with E-state index in [0.29, 0.717) is 17.3 Å². The molecule has 0 spiro atoms. The molecule has 1 saturated heterocycles. The average Bonchev–Trinajstić information content (AvgIpc) is 3.02. The lowest BCUT2D eigenvalue weighted by Gasteiger charge is -2.13. The van der Waals surface area contributed by atoms with Crippen molar-refractivity contribution in [1.29, 1.82) is 0 Å².